The van der Waals surface area contributed by atoms with Crippen molar-refractivity contribution < 1.29 is 19.4 Å². The van der Waals surface area contributed by atoms with Gasteiger partial charge >= 0.3 is 12.1 Å². The van der Waals surface area contributed by atoms with Gasteiger partial charge in [-0.25, -0.2) is 9.59 Å². The first-order valence-electron chi connectivity index (χ1n) is 15.2. The van der Waals surface area contributed by atoms with Crippen molar-refractivity contribution in [2.45, 2.75) is 18.4 Å². The first kappa shape index (κ1) is 26.9. The fraction of sp³-hybridized carbons (Fsp3) is 0.100. The van der Waals surface area contributed by atoms with Crippen molar-refractivity contribution in [1.29, 1.82) is 0 Å². The number of amides is 1. The normalized spacial score (nSPS) is 13.2. The van der Waals surface area contributed by atoms with Crippen molar-refractivity contribution in [3.63, 3.8) is 0 Å². The molecule has 5 heteroatoms. The fourth-order valence-electron chi connectivity index (χ4n) is 7.30. The zero-order valence-electron chi connectivity index (χ0n) is 24.4. The molecule has 0 fully saturated rings. The van der Waals surface area contributed by atoms with Gasteiger partial charge in [0.05, 0.1) is 0 Å². The molecule has 7 aromatic carbocycles. The van der Waals surface area contributed by atoms with Crippen LogP contribution in [0.3, 0.4) is 0 Å². The number of benzene rings is 7. The molecule has 0 unspecified atom stereocenters. The Morgan fingerprint density at radius 3 is 1.44 bits per heavy atom. The van der Waals surface area contributed by atoms with Gasteiger partial charge in [0, 0.05) is 12.3 Å². The van der Waals surface area contributed by atoms with Crippen molar-refractivity contribution in [1.82, 2.24) is 5.32 Å². The van der Waals surface area contributed by atoms with Crippen molar-refractivity contribution in [2.75, 3.05) is 6.61 Å². The van der Waals surface area contributed by atoms with Gasteiger partial charge in [0.25, 0.3) is 0 Å². The van der Waals surface area contributed by atoms with E-state index in [0.29, 0.717) is 0 Å². The molecule has 0 spiro atoms. The number of rotatable bonds is 6. The number of carboxylic acids is 1. The van der Waals surface area contributed by atoms with Gasteiger partial charge in [-0.1, -0.05) is 127 Å². The van der Waals surface area contributed by atoms with Crippen molar-refractivity contribution >= 4 is 55.2 Å². The van der Waals surface area contributed by atoms with Gasteiger partial charge in [0.15, 0.2) is 0 Å². The van der Waals surface area contributed by atoms with E-state index in [2.05, 4.69) is 102 Å². The molecule has 218 valence electrons. The summed E-state index contributed by atoms with van der Waals surface area (Å²) in [5.74, 6) is -1.37. The van der Waals surface area contributed by atoms with Crippen LogP contribution in [0.15, 0.2) is 127 Å². The molecule has 0 radical (unpaired) electrons. The highest BCUT2D eigenvalue weighted by molar-refractivity contribution is 6.25. The molecular weight excluding hydrogens is 558 g/mol. The van der Waals surface area contributed by atoms with Gasteiger partial charge in [-0.05, 0) is 70.9 Å². The van der Waals surface area contributed by atoms with Crippen LogP contribution >= 0.6 is 0 Å². The maximum Gasteiger partial charge on any atom is 0.407 e. The maximum atomic E-state index is 13.3. The van der Waals surface area contributed by atoms with Crippen molar-refractivity contribution in [3.8, 4) is 11.1 Å². The van der Waals surface area contributed by atoms with E-state index in [-0.39, 0.29) is 18.9 Å². The molecule has 0 aromatic heterocycles. The highest BCUT2D eigenvalue weighted by Gasteiger charge is 2.36. The van der Waals surface area contributed by atoms with Crippen LogP contribution in [0.4, 0.5) is 4.79 Å². The quantitative estimate of drug-likeness (QED) is 0.191. The second kappa shape index (κ2) is 10.8. The SMILES string of the molecule is O=C(N[C@@H](Cc1ccccc1)C(=O)O)OCC1c2c(c3ccccc3c3ccccc23)-c2c1c1ccccc1c1ccccc21. The monoisotopic (exact) mass is 587 g/mol. The molecule has 8 rings (SSSR count). The third-order valence-corrected chi connectivity index (χ3v) is 9.15. The lowest BCUT2D eigenvalue weighted by Gasteiger charge is -2.20. The minimum atomic E-state index is -1.11. The highest BCUT2D eigenvalue weighted by atomic mass is 16.5. The summed E-state index contributed by atoms with van der Waals surface area (Å²) in [5, 5.41) is 21.7. The molecule has 0 saturated heterocycles. The number of nitrogens with one attached hydrogen (secondary N) is 1. The number of alkyl carbamates (subject to hydrolysis) is 1. The summed E-state index contributed by atoms with van der Waals surface area (Å²) in [5.41, 5.74) is 5.42. The van der Waals surface area contributed by atoms with E-state index >= 15 is 0 Å². The van der Waals surface area contributed by atoms with Crippen LogP contribution in [0.5, 0.6) is 0 Å². The zero-order chi connectivity index (χ0) is 30.5. The number of carbonyl (C=O) groups excluding carboxylic acids is 1. The van der Waals surface area contributed by atoms with Gasteiger partial charge in [-0.2, -0.15) is 0 Å². The zero-order valence-corrected chi connectivity index (χ0v) is 24.4. The minimum absolute atomic E-state index is 0.0637. The standard InChI is InChI=1S/C40H29NO4/c42-39(43)34(22-24-12-2-1-3-13-24)41-40(44)45-23-33-35-29-18-8-4-14-25(29)27-16-6-10-20-31(27)37(35)38-32-21-11-7-17-28(32)26-15-5-9-19-30(26)36(33)38/h1-21,33-34H,22-23H2,(H,41,44)(H,42,43)/t34-/m0/s1. The molecular formula is C40H29NO4. The largest absolute Gasteiger partial charge is 0.480 e. The van der Waals surface area contributed by atoms with E-state index in [1.165, 1.54) is 21.9 Å². The van der Waals surface area contributed by atoms with Crippen LogP contribution in [0.25, 0.3) is 54.2 Å². The Hall–Kier alpha value is -5.68. The van der Waals surface area contributed by atoms with Gasteiger partial charge in [0.1, 0.15) is 12.6 Å². The van der Waals surface area contributed by atoms with E-state index < -0.39 is 18.1 Å². The number of hydrogen-bond acceptors (Lipinski definition) is 3. The molecule has 1 amide bonds. The van der Waals surface area contributed by atoms with Gasteiger partial charge in [-0.3, -0.25) is 0 Å². The molecule has 7 aromatic rings. The Labute approximate surface area is 259 Å². The summed E-state index contributed by atoms with van der Waals surface area (Å²) < 4.78 is 5.97. The predicted molar refractivity (Wildman–Crippen MR) is 180 cm³/mol. The number of fused-ring (bicyclic) bond motifs is 13. The van der Waals surface area contributed by atoms with Crippen LogP contribution < -0.4 is 5.32 Å². The third-order valence-electron chi connectivity index (χ3n) is 9.15. The molecule has 1 atom stereocenters. The molecule has 0 heterocycles. The van der Waals surface area contributed by atoms with Gasteiger partial charge in [0.2, 0.25) is 0 Å². The summed E-state index contributed by atoms with van der Waals surface area (Å²) in [6, 6.07) is 42.1. The average Bonchev–Trinajstić information content (AvgIpc) is 3.44. The maximum absolute atomic E-state index is 13.3. The summed E-state index contributed by atoms with van der Waals surface area (Å²) in [4.78, 5) is 25.4. The third kappa shape index (κ3) is 4.39. The Morgan fingerprint density at radius 1 is 0.578 bits per heavy atom. The smallest absolute Gasteiger partial charge is 0.407 e. The second-order valence-corrected chi connectivity index (χ2v) is 11.6. The second-order valence-electron chi connectivity index (χ2n) is 11.6. The van der Waals surface area contributed by atoms with E-state index in [9.17, 15) is 14.7 Å². The Bertz CT molecular complexity index is 2170. The minimum Gasteiger partial charge on any atom is -0.480 e. The van der Waals surface area contributed by atoms with Crippen LogP contribution in [0.1, 0.15) is 22.6 Å². The van der Waals surface area contributed by atoms with Crippen LogP contribution in [-0.4, -0.2) is 29.8 Å². The molecule has 0 saturated carbocycles. The fourth-order valence-corrected chi connectivity index (χ4v) is 7.30. The Balaban J connectivity index is 1.29. The van der Waals surface area contributed by atoms with Gasteiger partial charge in [-0.15, -0.1) is 0 Å². The van der Waals surface area contributed by atoms with Gasteiger partial charge < -0.3 is 15.2 Å². The Morgan fingerprint density at radius 2 is 0.978 bits per heavy atom. The molecule has 0 aliphatic heterocycles. The summed E-state index contributed by atoms with van der Waals surface area (Å²) in [7, 11) is 0. The van der Waals surface area contributed by atoms with Crippen LogP contribution in [-0.2, 0) is 16.0 Å². The van der Waals surface area contributed by atoms with E-state index in [1.807, 2.05) is 30.3 Å². The Kier molecular flexibility index (Phi) is 6.45. The molecule has 1 aliphatic rings. The summed E-state index contributed by atoms with van der Waals surface area (Å²) in [6.45, 7) is 0.0637. The molecule has 2 N–H and O–H groups in total. The van der Waals surface area contributed by atoms with Crippen LogP contribution in [0.2, 0.25) is 0 Å². The summed E-state index contributed by atoms with van der Waals surface area (Å²) in [6.07, 6.45) is -0.586. The first-order valence-corrected chi connectivity index (χ1v) is 15.2. The molecule has 5 nitrogen and oxygen atoms in total. The number of hydrogen-bond donors (Lipinski definition) is 2. The van der Waals surface area contributed by atoms with E-state index in [1.54, 1.807) is 0 Å². The lowest BCUT2D eigenvalue weighted by Crippen LogP contribution is -2.42. The highest BCUT2D eigenvalue weighted by Crippen LogP contribution is 2.56. The van der Waals surface area contributed by atoms with Crippen molar-refractivity contribution in [3.05, 3.63) is 144 Å². The van der Waals surface area contributed by atoms with Crippen LogP contribution in [0, 0.1) is 0 Å². The number of carbonyl (C=O) groups is 2. The molecule has 0 bridgehead atoms. The predicted octanol–water partition coefficient (Wildman–Crippen LogP) is 8.83. The van der Waals surface area contributed by atoms with Crippen molar-refractivity contribution in [2.24, 2.45) is 0 Å². The van der Waals surface area contributed by atoms with E-state index in [4.69, 9.17) is 4.74 Å². The van der Waals surface area contributed by atoms with E-state index in [0.717, 1.165) is 49.0 Å². The number of carboxylic acid groups (broad SMARTS) is 1. The molecule has 1 aliphatic carbocycles. The number of ether oxygens (including phenoxy) is 1. The lowest BCUT2D eigenvalue weighted by molar-refractivity contribution is -0.139. The lowest BCUT2D eigenvalue weighted by atomic mass is 9.88. The average molecular weight is 588 g/mol. The topological polar surface area (TPSA) is 75.6 Å². The number of aliphatic carboxylic acids is 1. The first-order chi connectivity index (χ1) is 22.1. The summed E-state index contributed by atoms with van der Waals surface area (Å²) >= 11 is 0. The molecule has 45 heavy (non-hydrogen) atoms.